The minimum atomic E-state index is -1.34. The average Bonchev–Trinajstić information content (AvgIpc) is 2.49. The Morgan fingerprint density at radius 3 is 2.93 bits per heavy atom. The van der Waals surface area contributed by atoms with Crippen LogP contribution in [-0.2, 0) is 0 Å². The molecule has 0 bridgehead atoms. The maximum atomic E-state index is 13.4. The van der Waals surface area contributed by atoms with Gasteiger partial charge in [-0.25, -0.2) is 9.18 Å². The fourth-order valence-corrected chi connectivity index (χ4v) is 1.49. The molecule has 0 saturated carbocycles. The molecular formula is C8H3BrFNO3. The van der Waals surface area contributed by atoms with Crippen LogP contribution < -0.4 is 0 Å². The lowest BCUT2D eigenvalue weighted by Gasteiger charge is -1.95. The Hall–Kier alpha value is -1.43. The van der Waals surface area contributed by atoms with Gasteiger partial charge in [0.25, 0.3) is 0 Å². The largest absolute Gasteiger partial charge is 0.478 e. The Labute approximate surface area is 85.4 Å². The van der Waals surface area contributed by atoms with Gasteiger partial charge in [0.1, 0.15) is 0 Å². The third kappa shape index (κ3) is 1.19. The number of halogens is 2. The highest BCUT2D eigenvalue weighted by atomic mass is 79.9. The third-order valence-electron chi connectivity index (χ3n) is 1.77. The SMILES string of the molecule is O=C(O)c1ccc2c(Br)noc2c1F. The Kier molecular flexibility index (Phi) is 1.99. The maximum Gasteiger partial charge on any atom is 0.338 e. The number of nitrogens with zero attached hydrogens (tertiary/aromatic N) is 1. The van der Waals surface area contributed by atoms with Crippen LogP contribution in [0.25, 0.3) is 11.0 Å². The van der Waals surface area contributed by atoms with Crippen LogP contribution in [0, 0.1) is 5.82 Å². The molecule has 2 rings (SSSR count). The Bertz CT molecular complexity index is 523. The molecule has 0 fully saturated rings. The van der Waals surface area contributed by atoms with Crippen LogP contribution in [0.2, 0.25) is 0 Å². The average molecular weight is 260 g/mol. The predicted molar refractivity (Wildman–Crippen MR) is 48.6 cm³/mol. The Morgan fingerprint density at radius 2 is 2.29 bits per heavy atom. The van der Waals surface area contributed by atoms with Crippen LogP contribution >= 0.6 is 15.9 Å². The molecule has 0 atom stereocenters. The topological polar surface area (TPSA) is 63.3 Å². The molecule has 0 radical (unpaired) electrons. The molecule has 1 heterocycles. The number of aromatic nitrogens is 1. The van der Waals surface area contributed by atoms with E-state index < -0.39 is 17.3 Å². The van der Waals surface area contributed by atoms with E-state index in [1.165, 1.54) is 12.1 Å². The Balaban J connectivity index is 2.82. The first-order chi connectivity index (χ1) is 6.61. The maximum absolute atomic E-state index is 13.4. The second kappa shape index (κ2) is 3.06. The zero-order valence-electron chi connectivity index (χ0n) is 6.62. The van der Waals surface area contributed by atoms with E-state index in [2.05, 4.69) is 25.6 Å². The summed E-state index contributed by atoms with van der Waals surface area (Å²) in [5.74, 6) is -2.25. The van der Waals surface area contributed by atoms with Gasteiger partial charge in [0, 0.05) is 0 Å². The highest BCUT2D eigenvalue weighted by Crippen LogP contribution is 2.27. The number of hydrogen-bond acceptors (Lipinski definition) is 3. The molecule has 0 aliphatic rings. The highest BCUT2D eigenvalue weighted by molar-refractivity contribution is 9.10. The molecule has 6 heteroatoms. The van der Waals surface area contributed by atoms with Crippen molar-refractivity contribution in [2.24, 2.45) is 0 Å². The van der Waals surface area contributed by atoms with Crippen molar-refractivity contribution in [2.75, 3.05) is 0 Å². The van der Waals surface area contributed by atoms with Gasteiger partial charge >= 0.3 is 5.97 Å². The van der Waals surface area contributed by atoms with Gasteiger partial charge in [-0.15, -0.1) is 0 Å². The monoisotopic (exact) mass is 259 g/mol. The van der Waals surface area contributed by atoms with Gasteiger partial charge in [-0.05, 0) is 28.1 Å². The number of hydrogen-bond donors (Lipinski definition) is 1. The third-order valence-corrected chi connectivity index (χ3v) is 2.34. The van der Waals surface area contributed by atoms with Gasteiger partial charge in [0.2, 0.25) is 5.58 Å². The molecule has 0 aliphatic carbocycles. The molecule has 14 heavy (non-hydrogen) atoms. The quantitative estimate of drug-likeness (QED) is 0.855. The van der Waals surface area contributed by atoms with Gasteiger partial charge in [0.05, 0.1) is 10.9 Å². The number of carboxylic acids is 1. The summed E-state index contributed by atoms with van der Waals surface area (Å²) < 4.78 is 18.4. The van der Waals surface area contributed by atoms with Crippen LogP contribution in [0.4, 0.5) is 4.39 Å². The van der Waals surface area contributed by atoms with Crippen LogP contribution in [0.15, 0.2) is 21.3 Å². The lowest BCUT2D eigenvalue weighted by molar-refractivity contribution is 0.0692. The van der Waals surface area contributed by atoms with Crippen molar-refractivity contribution in [1.29, 1.82) is 0 Å². The van der Waals surface area contributed by atoms with E-state index in [0.717, 1.165) is 0 Å². The van der Waals surface area contributed by atoms with Crippen LogP contribution in [0.5, 0.6) is 0 Å². The van der Waals surface area contributed by atoms with Crippen LogP contribution in [-0.4, -0.2) is 16.2 Å². The molecule has 0 saturated heterocycles. The summed E-state index contributed by atoms with van der Waals surface area (Å²) >= 11 is 3.04. The van der Waals surface area contributed by atoms with Gasteiger partial charge in [-0.3, -0.25) is 0 Å². The predicted octanol–water partition coefficient (Wildman–Crippen LogP) is 2.43. The second-order valence-corrected chi connectivity index (χ2v) is 3.33. The van der Waals surface area contributed by atoms with Crippen molar-refractivity contribution in [2.45, 2.75) is 0 Å². The molecule has 1 aromatic carbocycles. The van der Waals surface area contributed by atoms with Gasteiger partial charge < -0.3 is 9.63 Å². The van der Waals surface area contributed by atoms with Crippen LogP contribution in [0.1, 0.15) is 10.4 Å². The van der Waals surface area contributed by atoms with E-state index in [-0.39, 0.29) is 5.58 Å². The second-order valence-electron chi connectivity index (χ2n) is 2.58. The van der Waals surface area contributed by atoms with E-state index in [0.29, 0.717) is 9.99 Å². The van der Waals surface area contributed by atoms with Crippen LogP contribution in [0.3, 0.4) is 0 Å². The molecule has 0 unspecified atom stereocenters. The molecule has 1 N–H and O–H groups in total. The minimum Gasteiger partial charge on any atom is -0.478 e. The van der Waals surface area contributed by atoms with E-state index in [1.807, 2.05) is 0 Å². The minimum absolute atomic E-state index is 0.156. The van der Waals surface area contributed by atoms with E-state index in [9.17, 15) is 9.18 Å². The summed E-state index contributed by atoms with van der Waals surface area (Å²) in [5, 5.41) is 12.5. The summed E-state index contributed by atoms with van der Waals surface area (Å²) in [7, 11) is 0. The van der Waals surface area contributed by atoms with Crippen molar-refractivity contribution in [3.8, 4) is 0 Å². The van der Waals surface area contributed by atoms with Gasteiger partial charge in [-0.1, -0.05) is 5.16 Å². The number of carboxylic acid groups (broad SMARTS) is 1. The molecule has 1 aromatic heterocycles. The summed E-state index contributed by atoms with van der Waals surface area (Å²) in [6, 6.07) is 2.60. The number of aromatic carboxylic acids is 1. The number of benzene rings is 1. The summed E-state index contributed by atoms with van der Waals surface area (Å²) in [6.07, 6.45) is 0. The summed E-state index contributed by atoms with van der Waals surface area (Å²) in [5.41, 5.74) is -0.585. The molecule has 0 amide bonds. The van der Waals surface area contributed by atoms with Gasteiger partial charge in [0.15, 0.2) is 10.4 Å². The zero-order chi connectivity index (χ0) is 10.3. The summed E-state index contributed by atoms with van der Waals surface area (Å²) in [6.45, 7) is 0. The van der Waals surface area contributed by atoms with E-state index >= 15 is 0 Å². The van der Waals surface area contributed by atoms with Crippen molar-refractivity contribution in [3.05, 3.63) is 28.1 Å². The van der Waals surface area contributed by atoms with Crippen molar-refractivity contribution in [1.82, 2.24) is 5.16 Å². The number of carbonyl (C=O) groups is 1. The molecule has 0 aliphatic heterocycles. The van der Waals surface area contributed by atoms with Crippen molar-refractivity contribution < 1.29 is 18.8 Å². The Morgan fingerprint density at radius 1 is 1.57 bits per heavy atom. The summed E-state index contributed by atoms with van der Waals surface area (Å²) in [4.78, 5) is 10.6. The zero-order valence-corrected chi connectivity index (χ0v) is 8.21. The fourth-order valence-electron chi connectivity index (χ4n) is 1.11. The fraction of sp³-hybridized carbons (Fsp3) is 0. The molecule has 72 valence electrons. The van der Waals surface area contributed by atoms with E-state index in [1.54, 1.807) is 0 Å². The number of rotatable bonds is 1. The molecule has 4 nitrogen and oxygen atoms in total. The van der Waals surface area contributed by atoms with Crippen molar-refractivity contribution in [3.63, 3.8) is 0 Å². The first kappa shape index (κ1) is 9.14. The first-order valence-corrected chi connectivity index (χ1v) is 4.37. The first-order valence-electron chi connectivity index (χ1n) is 3.58. The van der Waals surface area contributed by atoms with E-state index in [4.69, 9.17) is 5.11 Å². The van der Waals surface area contributed by atoms with Crippen molar-refractivity contribution >= 4 is 32.9 Å². The molecule has 2 aromatic rings. The smallest absolute Gasteiger partial charge is 0.338 e. The lowest BCUT2D eigenvalue weighted by atomic mass is 10.1. The van der Waals surface area contributed by atoms with Gasteiger partial charge in [-0.2, -0.15) is 0 Å². The standard InChI is InChI=1S/C8H3BrFNO3/c9-7-4-2-1-3(8(12)13)5(10)6(4)14-11-7/h1-2H,(H,12,13). The number of fused-ring (bicyclic) bond motifs is 1. The molecular weight excluding hydrogens is 257 g/mol. The molecule has 0 spiro atoms. The highest BCUT2D eigenvalue weighted by Gasteiger charge is 2.18. The lowest BCUT2D eigenvalue weighted by Crippen LogP contribution is -1.99. The normalized spacial score (nSPS) is 10.7.